The number of anilines is 2. The van der Waals surface area contributed by atoms with E-state index in [9.17, 15) is 0 Å². The molecule has 0 saturated heterocycles. The molecule has 0 saturated carbocycles. The molecule has 0 unspecified atom stereocenters. The summed E-state index contributed by atoms with van der Waals surface area (Å²) in [5.74, 6) is 0.437. The molecule has 0 spiro atoms. The maximum Gasteiger partial charge on any atom is 0.202 e. The predicted molar refractivity (Wildman–Crippen MR) is 104 cm³/mol. The van der Waals surface area contributed by atoms with Gasteiger partial charge in [0.25, 0.3) is 0 Å². The van der Waals surface area contributed by atoms with Crippen LogP contribution in [0.1, 0.15) is 25.0 Å². The number of aryl methyl sites for hydroxylation is 2. The first-order valence-corrected chi connectivity index (χ1v) is 8.70. The second-order valence-corrected chi connectivity index (χ2v) is 6.46. The lowest BCUT2D eigenvalue weighted by Gasteiger charge is -2.29. The molecule has 1 N–H and O–H groups in total. The number of hydrogen-bond acceptors (Lipinski definition) is 1. The first-order valence-electron chi connectivity index (χ1n) is 7.91. The zero-order valence-electron chi connectivity index (χ0n) is 14.2. The summed E-state index contributed by atoms with van der Waals surface area (Å²) in [5.41, 5.74) is 4.58. The minimum atomic E-state index is 0.437. The van der Waals surface area contributed by atoms with E-state index in [1.807, 2.05) is 36.0 Å². The Hall–Kier alpha value is -1.81. The van der Waals surface area contributed by atoms with E-state index < -0.39 is 0 Å². The Bertz CT molecular complexity index is 697. The molecule has 122 valence electrons. The highest BCUT2D eigenvalue weighted by atomic mass is 79.9. The third kappa shape index (κ3) is 3.94. The lowest BCUT2D eigenvalue weighted by Crippen LogP contribution is -2.39. The van der Waals surface area contributed by atoms with Crippen LogP contribution in [0.2, 0.25) is 0 Å². The van der Waals surface area contributed by atoms with E-state index in [0.29, 0.717) is 5.96 Å². The first-order chi connectivity index (χ1) is 11.0. The van der Waals surface area contributed by atoms with Gasteiger partial charge in [-0.3, -0.25) is 5.41 Å². The number of nitrogens with one attached hydrogen (secondary N) is 1. The molecule has 4 heteroatoms. The quantitative estimate of drug-likeness (QED) is 0.598. The molecule has 23 heavy (non-hydrogen) atoms. The Kier molecular flexibility index (Phi) is 5.83. The van der Waals surface area contributed by atoms with Crippen molar-refractivity contribution in [2.75, 3.05) is 23.9 Å². The normalized spacial score (nSPS) is 10.5. The van der Waals surface area contributed by atoms with Gasteiger partial charge in [0.15, 0.2) is 0 Å². The second kappa shape index (κ2) is 7.64. The fourth-order valence-corrected chi connectivity index (χ4v) is 2.99. The number of rotatable bonds is 4. The molecule has 2 aromatic carbocycles. The van der Waals surface area contributed by atoms with Gasteiger partial charge in [-0.05, 0) is 64.2 Å². The van der Waals surface area contributed by atoms with Crippen molar-refractivity contribution in [2.45, 2.75) is 26.7 Å². The average molecular weight is 374 g/mol. The molecule has 0 atom stereocenters. The minimum absolute atomic E-state index is 0.437. The van der Waals surface area contributed by atoms with Crippen LogP contribution in [0.5, 0.6) is 0 Å². The van der Waals surface area contributed by atoms with E-state index in [4.69, 9.17) is 5.41 Å². The van der Waals surface area contributed by atoms with Gasteiger partial charge < -0.3 is 9.80 Å². The van der Waals surface area contributed by atoms with Crippen molar-refractivity contribution < 1.29 is 0 Å². The monoisotopic (exact) mass is 373 g/mol. The van der Waals surface area contributed by atoms with Crippen LogP contribution in [0, 0.1) is 5.41 Å². The summed E-state index contributed by atoms with van der Waals surface area (Å²) >= 11 is 3.60. The van der Waals surface area contributed by atoms with Crippen molar-refractivity contribution in [3.05, 3.63) is 58.1 Å². The van der Waals surface area contributed by atoms with E-state index in [1.54, 1.807) is 0 Å². The summed E-state index contributed by atoms with van der Waals surface area (Å²) in [6.45, 7) is 4.28. The Morgan fingerprint density at radius 3 is 2.26 bits per heavy atom. The van der Waals surface area contributed by atoms with Gasteiger partial charge in [0, 0.05) is 24.3 Å². The van der Waals surface area contributed by atoms with Crippen LogP contribution < -0.4 is 9.80 Å². The number of halogens is 1. The number of benzene rings is 2. The third-order valence-electron chi connectivity index (χ3n) is 4.12. The lowest BCUT2D eigenvalue weighted by atomic mass is 10.1. The van der Waals surface area contributed by atoms with Crippen molar-refractivity contribution in [1.29, 1.82) is 5.41 Å². The fraction of sp³-hybridized carbons (Fsp3) is 0.316. The molecular weight excluding hydrogens is 350 g/mol. The lowest BCUT2D eigenvalue weighted by molar-refractivity contribution is 1.08. The zero-order chi connectivity index (χ0) is 17.0. The molecule has 0 heterocycles. The Balaban J connectivity index is 2.28. The van der Waals surface area contributed by atoms with Crippen molar-refractivity contribution in [1.82, 2.24) is 0 Å². The van der Waals surface area contributed by atoms with Gasteiger partial charge >= 0.3 is 0 Å². The number of guanidine groups is 1. The Morgan fingerprint density at radius 2 is 1.61 bits per heavy atom. The standard InChI is InChI=1S/C19H24BrN3/c1-5-14-8-7-9-16(12-14)22(3)19(21)23(4)18-13-15(6-2)10-11-17(18)20/h7-13,21H,5-6H2,1-4H3. The Labute approximate surface area is 147 Å². The van der Waals surface area contributed by atoms with Gasteiger partial charge in [-0.1, -0.05) is 32.0 Å². The van der Waals surface area contributed by atoms with E-state index in [-0.39, 0.29) is 0 Å². The van der Waals surface area contributed by atoms with Gasteiger partial charge in [0.05, 0.1) is 5.69 Å². The topological polar surface area (TPSA) is 30.3 Å². The molecule has 0 aromatic heterocycles. The molecular formula is C19H24BrN3. The van der Waals surface area contributed by atoms with Crippen LogP contribution in [0.25, 0.3) is 0 Å². The van der Waals surface area contributed by atoms with Crippen molar-refractivity contribution in [3.8, 4) is 0 Å². The van der Waals surface area contributed by atoms with Crippen LogP contribution in [0.15, 0.2) is 46.9 Å². The SMILES string of the molecule is CCc1cccc(N(C)C(=N)N(C)c2cc(CC)ccc2Br)c1. The molecule has 0 radical (unpaired) electrons. The summed E-state index contributed by atoms with van der Waals surface area (Å²) in [6, 6.07) is 14.6. The molecule has 2 aromatic rings. The van der Waals surface area contributed by atoms with E-state index in [2.05, 4.69) is 60.1 Å². The number of nitrogens with zero attached hydrogens (tertiary/aromatic N) is 2. The first kappa shape index (κ1) is 17.5. The molecule has 0 bridgehead atoms. The highest BCUT2D eigenvalue weighted by molar-refractivity contribution is 9.10. The molecule has 0 aliphatic rings. The van der Waals surface area contributed by atoms with Gasteiger partial charge in [-0.2, -0.15) is 0 Å². The van der Waals surface area contributed by atoms with Gasteiger partial charge in [0.1, 0.15) is 0 Å². The van der Waals surface area contributed by atoms with E-state index in [1.165, 1.54) is 11.1 Å². The van der Waals surface area contributed by atoms with Gasteiger partial charge in [-0.15, -0.1) is 0 Å². The second-order valence-electron chi connectivity index (χ2n) is 5.60. The zero-order valence-corrected chi connectivity index (χ0v) is 15.8. The fourth-order valence-electron chi connectivity index (χ4n) is 2.48. The number of hydrogen-bond donors (Lipinski definition) is 1. The molecule has 3 nitrogen and oxygen atoms in total. The summed E-state index contributed by atoms with van der Waals surface area (Å²) in [5, 5.41) is 8.56. The highest BCUT2D eigenvalue weighted by Crippen LogP contribution is 2.28. The average Bonchev–Trinajstić information content (AvgIpc) is 2.60. The van der Waals surface area contributed by atoms with Gasteiger partial charge in [-0.25, -0.2) is 0 Å². The minimum Gasteiger partial charge on any atom is -0.316 e. The van der Waals surface area contributed by atoms with Crippen LogP contribution >= 0.6 is 15.9 Å². The third-order valence-corrected chi connectivity index (χ3v) is 4.79. The molecule has 0 aliphatic heterocycles. The largest absolute Gasteiger partial charge is 0.316 e. The van der Waals surface area contributed by atoms with Crippen molar-refractivity contribution in [3.63, 3.8) is 0 Å². The summed E-state index contributed by atoms with van der Waals surface area (Å²) < 4.78 is 0.998. The van der Waals surface area contributed by atoms with E-state index >= 15 is 0 Å². The smallest absolute Gasteiger partial charge is 0.202 e. The van der Waals surface area contributed by atoms with Gasteiger partial charge in [0.2, 0.25) is 5.96 Å². The molecule has 0 aliphatic carbocycles. The van der Waals surface area contributed by atoms with Crippen LogP contribution in [0.3, 0.4) is 0 Å². The predicted octanol–water partition coefficient (Wildman–Crippen LogP) is 5.08. The van der Waals surface area contributed by atoms with Crippen LogP contribution in [-0.2, 0) is 12.8 Å². The van der Waals surface area contributed by atoms with E-state index in [0.717, 1.165) is 28.7 Å². The Morgan fingerprint density at radius 1 is 0.957 bits per heavy atom. The highest BCUT2D eigenvalue weighted by Gasteiger charge is 2.16. The summed E-state index contributed by atoms with van der Waals surface area (Å²) in [4.78, 5) is 3.81. The molecule has 0 fully saturated rings. The van der Waals surface area contributed by atoms with Crippen molar-refractivity contribution >= 4 is 33.3 Å². The summed E-state index contributed by atoms with van der Waals surface area (Å²) in [6.07, 6.45) is 1.98. The maximum atomic E-state index is 8.56. The van der Waals surface area contributed by atoms with Crippen LogP contribution in [-0.4, -0.2) is 20.1 Å². The van der Waals surface area contributed by atoms with Crippen LogP contribution in [0.4, 0.5) is 11.4 Å². The molecule has 2 rings (SSSR count). The van der Waals surface area contributed by atoms with Crippen molar-refractivity contribution in [2.24, 2.45) is 0 Å². The summed E-state index contributed by atoms with van der Waals surface area (Å²) in [7, 11) is 3.87. The molecule has 0 amide bonds. The maximum absolute atomic E-state index is 8.56.